The molecule has 0 saturated carbocycles. The van der Waals surface area contributed by atoms with Crippen molar-refractivity contribution in [2.24, 2.45) is 0 Å². The Labute approximate surface area is 173 Å². The second-order valence-corrected chi connectivity index (χ2v) is 8.74. The molecule has 144 valence electrons. The van der Waals surface area contributed by atoms with Crippen LogP contribution >= 0.6 is 0 Å². The van der Waals surface area contributed by atoms with Gasteiger partial charge in [-0.05, 0) is 89.6 Å². The maximum absolute atomic E-state index is 10.8. The highest BCUT2D eigenvalue weighted by molar-refractivity contribution is 6.45. The Morgan fingerprint density at radius 1 is 0.433 bits per heavy atom. The van der Waals surface area contributed by atoms with Crippen LogP contribution in [-0.2, 0) is 0 Å². The highest BCUT2D eigenvalue weighted by Crippen LogP contribution is 2.51. The van der Waals surface area contributed by atoms with Crippen LogP contribution in [0.2, 0.25) is 0 Å². The number of aliphatic hydroxyl groups excluding tert-OH is 2. The zero-order valence-corrected chi connectivity index (χ0v) is 16.8. The van der Waals surface area contributed by atoms with Crippen molar-refractivity contribution in [1.29, 1.82) is 0 Å². The Balaban J connectivity index is 1.99. The lowest BCUT2D eigenvalue weighted by atomic mass is 9.79. The monoisotopic (exact) mass is 388 g/mol. The summed E-state index contributed by atoms with van der Waals surface area (Å²) >= 11 is 0. The molecule has 2 unspecified atom stereocenters. The van der Waals surface area contributed by atoms with Gasteiger partial charge in [-0.15, -0.1) is 0 Å². The van der Waals surface area contributed by atoms with Crippen LogP contribution in [0.15, 0.2) is 60.7 Å². The highest BCUT2D eigenvalue weighted by Gasteiger charge is 2.26. The minimum atomic E-state index is -0.667. The van der Waals surface area contributed by atoms with Gasteiger partial charge in [0.1, 0.15) is 0 Å². The van der Waals surface area contributed by atoms with Gasteiger partial charge in [-0.3, -0.25) is 0 Å². The number of aliphatic hydroxyl groups is 2. The first-order valence-corrected chi connectivity index (χ1v) is 10.6. The molecule has 30 heavy (non-hydrogen) atoms. The molecule has 0 aliphatic rings. The van der Waals surface area contributed by atoms with Crippen molar-refractivity contribution in [2.75, 3.05) is 0 Å². The van der Waals surface area contributed by atoms with Gasteiger partial charge in [0, 0.05) is 0 Å². The summed E-state index contributed by atoms with van der Waals surface area (Å²) in [6.07, 6.45) is -1.33. The van der Waals surface area contributed by atoms with Crippen LogP contribution in [0.25, 0.3) is 64.6 Å². The standard InChI is InChI=1S/C28H20O2/c1-13(29)21-19-11-9-17-7-5-15-3-4-16-6-8-18-10-12-20(22(21)14(2)30)28-26(18)24(16)23(15)25(17)27(19)28/h3-14,29-30H,1-2H3. The maximum Gasteiger partial charge on any atom is 0.0771 e. The molecule has 0 radical (unpaired) electrons. The predicted molar refractivity (Wildman–Crippen MR) is 126 cm³/mol. The first-order valence-electron chi connectivity index (χ1n) is 10.6. The van der Waals surface area contributed by atoms with E-state index in [0.29, 0.717) is 0 Å². The van der Waals surface area contributed by atoms with Gasteiger partial charge in [0.15, 0.2) is 0 Å². The molecule has 7 aromatic rings. The molecule has 2 heteroatoms. The average molecular weight is 388 g/mol. The lowest BCUT2D eigenvalue weighted by molar-refractivity contribution is 0.178. The van der Waals surface area contributed by atoms with Crippen molar-refractivity contribution < 1.29 is 10.2 Å². The Hall–Kier alpha value is -3.20. The largest absolute Gasteiger partial charge is 0.389 e. The number of rotatable bonds is 2. The summed E-state index contributed by atoms with van der Waals surface area (Å²) in [4.78, 5) is 0. The van der Waals surface area contributed by atoms with E-state index in [1.165, 1.54) is 53.9 Å². The van der Waals surface area contributed by atoms with E-state index in [2.05, 4.69) is 60.7 Å². The molecule has 2 nitrogen and oxygen atoms in total. The maximum atomic E-state index is 10.8. The molecule has 2 atom stereocenters. The predicted octanol–water partition coefficient (Wildman–Crippen LogP) is 7.03. The quantitative estimate of drug-likeness (QED) is 0.247. The van der Waals surface area contributed by atoms with Crippen molar-refractivity contribution in [3.8, 4) is 0 Å². The molecule has 0 aromatic heterocycles. The molecule has 0 aliphatic heterocycles. The fourth-order valence-corrected chi connectivity index (χ4v) is 6.02. The van der Waals surface area contributed by atoms with E-state index in [4.69, 9.17) is 0 Å². The van der Waals surface area contributed by atoms with Crippen molar-refractivity contribution in [2.45, 2.75) is 26.1 Å². The van der Waals surface area contributed by atoms with Crippen molar-refractivity contribution in [3.63, 3.8) is 0 Å². The summed E-state index contributed by atoms with van der Waals surface area (Å²) < 4.78 is 0. The molecule has 0 spiro atoms. The first-order chi connectivity index (χ1) is 14.6. The van der Waals surface area contributed by atoms with Crippen LogP contribution in [0, 0.1) is 0 Å². The molecule has 0 saturated heterocycles. The van der Waals surface area contributed by atoms with Crippen molar-refractivity contribution >= 4 is 64.6 Å². The number of hydrogen-bond donors (Lipinski definition) is 2. The van der Waals surface area contributed by atoms with Gasteiger partial charge in [-0.1, -0.05) is 60.7 Å². The Morgan fingerprint density at radius 2 is 0.700 bits per heavy atom. The molecular formula is C28H20O2. The first kappa shape index (κ1) is 16.6. The third-order valence-corrected chi connectivity index (χ3v) is 7.09. The fraction of sp³-hybridized carbons (Fsp3) is 0.143. The molecule has 7 aromatic carbocycles. The molecule has 7 rings (SSSR count). The Morgan fingerprint density at radius 3 is 1.00 bits per heavy atom. The number of hydrogen-bond acceptors (Lipinski definition) is 2. The normalized spacial score (nSPS) is 15.1. The van der Waals surface area contributed by atoms with Gasteiger partial charge >= 0.3 is 0 Å². The molecule has 0 amide bonds. The molecule has 0 aliphatic carbocycles. The Kier molecular flexibility index (Phi) is 2.92. The summed E-state index contributed by atoms with van der Waals surface area (Å²) in [5, 5.41) is 36.2. The third kappa shape index (κ3) is 1.74. The molecule has 2 N–H and O–H groups in total. The topological polar surface area (TPSA) is 40.5 Å². The average Bonchev–Trinajstić information content (AvgIpc) is 2.75. The van der Waals surface area contributed by atoms with Crippen molar-refractivity contribution in [1.82, 2.24) is 0 Å². The van der Waals surface area contributed by atoms with E-state index in [0.717, 1.165) is 21.9 Å². The second-order valence-electron chi connectivity index (χ2n) is 8.74. The summed E-state index contributed by atoms with van der Waals surface area (Å²) in [6.45, 7) is 3.60. The van der Waals surface area contributed by atoms with Gasteiger partial charge in [0.25, 0.3) is 0 Å². The zero-order valence-electron chi connectivity index (χ0n) is 16.8. The van der Waals surface area contributed by atoms with Crippen LogP contribution in [0.1, 0.15) is 37.2 Å². The van der Waals surface area contributed by atoms with Gasteiger partial charge in [-0.25, -0.2) is 0 Å². The van der Waals surface area contributed by atoms with Gasteiger partial charge in [0.05, 0.1) is 12.2 Å². The van der Waals surface area contributed by atoms with E-state index >= 15 is 0 Å². The van der Waals surface area contributed by atoms with E-state index in [1.807, 2.05) is 0 Å². The number of benzene rings is 7. The van der Waals surface area contributed by atoms with E-state index in [9.17, 15) is 10.2 Å². The molecule has 0 fully saturated rings. The van der Waals surface area contributed by atoms with Crippen LogP contribution in [0.5, 0.6) is 0 Å². The van der Waals surface area contributed by atoms with E-state index < -0.39 is 12.2 Å². The summed E-state index contributed by atoms with van der Waals surface area (Å²) in [6, 6.07) is 21.8. The lowest BCUT2D eigenvalue weighted by Gasteiger charge is -2.26. The summed E-state index contributed by atoms with van der Waals surface area (Å²) in [7, 11) is 0. The lowest BCUT2D eigenvalue weighted by Crippen LogP contribution is -2.06. The van der Waals surface area contributed by atoms with Gasteiger partial charge < -0.3 is 10.2 Å². The fourth-order valence-electron chi connectivity index (χ4n) is 6.02. The minimum absolute atomic E-state index is 0.667. The molecular weight excluding hydrogens is 368 g/mol. The van der Waals surface area contributed by atoms with Crippen LogP contribution < -0.4 is 0 Å². The summed E-state index contributed by atoms with van der Waals surface area (Å²) in [5.41, 5.74) is 1.69. The molecule has 0 heterocycles. The Bertz CT molecular complexity index is 1600. The van der Waals surface area contributed by atoms with Gasteiger partial charge in [-0.2, -0.15) is 0 Å². The van der Waals surface area contributed by atoms with Gasteiger partial charge in [0.2, 0.25) is 0 Å². The van der Waals surface area contributed by atoms with E-state index in [1.54, 1.807) is 13.8 Å². The van der Waals surface area contributed by atoms with Crippen LogP contribution in [-0.4, -0.2) is 10.2 Å². The van der Waals surface area contributed by atoms with Crippen molar-refractivity contribution in [3.05, 3.63) is 71.8 Å². The van der Waals surface area contributed by atoms with E-state index in [-0.39, 0.29) is 0 Å². The molecule has 0 bridgehead atoms. The zero-order chi connectivity index (χ0) is 20.3. The smallest absolute Gasteiger partial charge is 0.0771 e. The minimum Gasteiger partial charge on any atom is -0.389 e. The second kappa shape index (κ2) is 5.28. The summed E-state index contributed by atoms with van der Waals surface area (Å²) in [5.74, 6) is 0. The highest BCUT2D eigenvalue weighted by atomic mass is 16.3. The van der Waals surface area contributed by atoms with Crippen LogP contribution in [0.3, 0.4) is 0 Å². The van der Waals surface area contributed by atoms with Crippen LogP contribution in [0.4, 0.5) is 0 Å². The third-order valence-electron chi connectivity index (χ3n) is 7.09. The SMILES string of the molecule is CC(O)c1c(C(C)O)c2ccc3ccc4ccc5ccc6ccc1c1c6c5c4c3c21.